The number of nitrogens with zero attached hydrogens (tertiary/aromatic N) is 1. The molecule has 0 aromatic rings. The number of Topliss-reactive ketones (excluding diaryl/α,β-unsaturated/α-hetero) is 1. The van der Waals surface area contributed by atoms with Crippen molar-refractivity contribution in [1.29, 1.82) is 0 Å². The van der Waals surface area contributed by atoms with Gasteiger partial charge in [0, 0.05) is 18.5 Å². The van der Waals surface area contributed by atoms with Crippen molar-refractivity contribution in [2.45, 2.75) is 91.1 Å². The molecule has 0 amide bonds. The van der Waals surface area contributed by atoms with E-state index in [4.69, 9.17) is 0 Å². The molecule has 1 unspecified atom stereocenters. The van der Waals surface area contributed by atoms with Gasteiger partial charge in [0.05, 0.1) is 6.54 Å². The zero-order valence-electron chi connectivity index (χ0n) is 14.0. The lowest BCUT2D eigenvalue weighted by atomic mass is 9.86. The number of ketones is 1. The zero-order valence-corrected chi connectivity index (χ0v) is 14.0. The Morgan fingerprint density at radius 3 is 2.25 bits per heavy atom. The molecule has 2 heterocycles. The first-order valence-corrected chi connectivity index (χ1v) is 8.66. The number of hydrogen-bond donors (Lipinski definition) is 0. The van der Waals surface area contributed by atoms with Crippen LogP contribution < -0.4 is 0 Å². The fourth-order valence-electron chi connectivity index (χ4n) is 4.09. The van der Waals surface area contributed by atoms with Gasteiger partial charge in [0.25, 0.3) is 0 Å². The molecule has 2 heteroatoms. The lowest BCUT2D eigenvalue weighted by Crippen LogP contribution is -2.45. The van der Waals surface area contributed by atoms with E-state index in [9.17, 15) is 4.79 Å². The maximum atomic E-state index is 12.2. The van der Waals surface area contributed by atoms with Crippen molar-refractivity contribution in [3.05, 3.63) is 0 Å². The first-order valence-electron chi connectivity index (χ1n) is 8.66. The van der Waals surface area contributed by atoms with Crippen LogP contribution in [0, 0.1) is 11.3 Å². The van der Waals surface area contributed by atoms with Gasteiger partial charge in [-0.3, -0.25) is 9.69 Å². The molecular weight excluding hydrogens is 246 g/mol. The van der Waals surface area contributed by atoms with E-state index in [0.717, 1.165) is 25.3 Å². The van der Waals surface area contributed by atoms with E-state index in [-0.39, 0.29) is 5.41 Å². The predicted octanol–water partition coefficient (Wildman–Crippen LogP) is 4.42. The van der Waals surface area contributed by atoms with Crippen LogP contribution in [0.3, 0.4) is 0 Å². The van der Waals surface area contributed by atoms with Crippen LogP contribution in [-0.2, 0) is 4.79 Å². The van der Waals surface area contributed by atoms with Crippen LogP contribution in [0.1, 0.15) is 79.1 Å². The summed E-state index contributed by atoms with van der Waals surface area (Å²) < 4.78 is 0. The van der Waals surface area contributed by atoms with Crippen molar-refractivity contribution in [2.75, 3.05) is 6.54 Å². The highest BCUT2D eigenvalue weighted by Crippen LogP contribution is 2.40. The number of piperidine rings is 1. The fraction of sp³-hybridized carbons (Fsp3) is 0.944. The summed E-state index contributed by atoms with van der Waals surface area (Å²) in [6, 6.07) is 1.42. The Morgan fingerprint density at radius 1 is 1.15 bits per heavy atom. The molecule has 0 aliphatic carbocycles. The molecule has 2 nitrogen and oxygen atoms in total. The van der Waals surface area contributed by atoms with Gasteiger partial charge in [-0.1, -0.05) is 40.5 Å². The molecular formula is C18H33NO. The molecule has 2 aliphatic rings. The van der Waals surface area contributed by atoms with E-state index in [0.29, 0.717) is 17.9 Å². The second kappa shape index (κ2) is 6.60. The molecule has 0 saturated carbocycles. The second-order valence-corrected chi connectivity index (χ2v) is 8.28. The molecule has 2 fully saturated rings. The predicted molar refractivity (Wildman–Crippen MR) is 84.8 cm³/mol. The SMILES string of the molecule is CCCC1C[C@H]2CC[C@@H](C1)N2CC(=O)CCC(C)(C)C. The summed E-state index contributed by atoms with van der Waals surface area (Å²) in [5, 5.41) is 0. The van der Waals surface area contributed by atoms with Crippen LogP contribution in [0.2, 0.25) is 0 Å². The van der Waals surface area contributed by atoms with Crippen molar-refractivity contribution in [2.24, 2.45) is 11.3 Å². The van der Waals surface area contributed by atoms with Gasteiger partial charge in [-0.15, -0.1) is 0 Å². The Bertz CT molecular complexity index is 317. The lowest BCUT2D eigenvalue weighted by Gasteiger charge is -2.38. The largest absolute Gasteiger partial charge is 0.298 e. The van der Waals surface area contributed by atoms with E-state index in [1.54, 1.807) is 0 Å². The first kappa shape index (κ1) is 16.0. The lowest BCUT2D eigenvalue weighted by molar-refractivity contribution is -0.122. The number of fused-ring (bicyclic) bond motifs is 2. The number of rotatable bonds is 6. The van der Waals surface area contributed by atoms with Gasteiger partial charge in [0.2, 0.25) is 0 Å². The first-order chi connectivity index (χ1) is 9.39. The van der Waals surface area contributed by atoms with Crippen LogP contribution in [0.15, 0.2) is 0 Å². The van der Waals surface area contributed by atoms with Crippen molar-refractivity contribution < 1.29 is 4.79 Å². The van der Waals surface area contributed by atoms with E-state index < -0.39 is 0 Å². The van der Waals surface area contributed by atoms with E-state index >= 15 is 0 Å². The zero-order chi connectivity index (χ0) is 14.8. The average Bonchev–Trinajstić information content (AvgIpc) is 2.59. The molecule has 2 rings (SSSR count). The molecule has 2 aliphatic heterocycles. The monoisotopic (exact) mass is 279 g/mol. The summed E-state index contributed by atoms with van der Waals surface area (Å²) in [6.45, 7) is 9.69. The Hall–Kier alpha value is -0.370. The minimum absolute atomic E-state index is 0.281. The standard InChI is InChI=1S/C18H33NO/c1-5-6-14-11-15-7-8-16(12-14)19(15)13-17(20)9-10-18(2,3)4/h14-16H,5-13H2,1-4H3/t14?,15-,16+. The summed E-state index contributed by atoms with van der Waals surface area (Å²) in [6.07, 6.45) is 9.83. The minimum Gasteiger partial charge on any atom is -0.298 e. The van der Waals surface area contributed by atoms with Crippen LogP contribution in [0.25, 0.3) is 0 Å². The van der Waals surface area contributed by atoms with Gasteiger partial charge in [0.15, 0.2) is 0 Å². The normalized spacial score (nSPS) is 30.7. The van der Waals surface area contributed by atoms with Gasteiger partial charge in [0.1, 0.15) is 5.78 Å². The van der Waals surface area contributed by atoms with E-state index in [1.807, 2.05) is 0 Å². The maximum Gasteiger partial charge on any atom is 0.146 e. The molecule has 0 aromatic carbocycles. The summed E-state index contributed by atoms with van der Waals surface area (Å²) in [7, 11) is 0. The molecule has 2 saturated heterocycles. The molecule has 0 radical (unpaired) electrons. The van der Waals surface area contributed by atoms with E-state index in [2.05, 4.69) is 32.6 Å². The van der Waals surface area contributed by atoms with Gasteiger partial charge in [-0.05, 0) is 43.4 Å². The van der Waals surface area contributed by atoms with Crippen LogP contribution >= 0.6 is 0 Å². The number of hydrogen-bond acceptors (Lipinski definition) is 2. The Morgan fingerprint density at radius 2 is 1.75 bits per heavy atom. The highest BCUT2D eigenvalue weighted by Gasteiger charge is 2.40. The van der Waals surface area contributed by atoms with Crippen molar-refractivity contribution in [3.63, 3.8) is 0 Å². The average molecular weight is 279 g/mol. The molecule has 20 heavy (non-hydrogen) atoms. The summed E-state index contributed by atoms with van der Waals surface area (Å²) in [4.78, 5) is 14.8. The molecule has 0 N–H and O–H groups in total. The summed E-state index contributed by atoms with van der Waals surface area (Å²) >= 11 is 0. The minimum atomic E-state index is 0.281. The topological polar surface area (TPSA) is 20.3 Å². The summed E-state index contributed by atoms with van der Waals surface area (Å²) in [5.41, 5.74) is 0.281. The van der Waals surface area contributed by atoms with Crippen molar-refractivity contribution >= 4 is 5.78 Å². The molecule has 3 atom stereocenters. The third-order valence-corrected chi connectivity index (χ3v) is 5.19. The number of carbonyl (C=O) groups is 1. The van der Waals surface area contributed by atoms with Gasteiger partial charge in [-0.25, -0.2) is 0 Å². The van der Waals surface area contributed by atoms with Crippen LogP contribution in [0.5, 0.6) is 0 Å². The van der Waals surface area contributed by atoms with Gasteiger partial charge >= 0.3 is 0 Å². The third-order valence-electron chi connectivity index (χ3n) is 5.19. The van der Waals surface area contributed by atoms with E-state index in [1.165, 1.54) is 38.5 Å². The quantitative estimate of drug-likeness (QED) is 0.717. The highest BCUT2D eigenvalue weighted by molar-refractivity contribution is 5.80. The molecule has 0 spiro atoms. The van der Waals surface area contributed by atoms with Crippen LogP contribution in [-0.4, -0.2) is 29.3 Å². The Kier molecular flexibility index (Phi) is 5.28. The Labute approximate surface area is 125 Å². The van der Waals surface area contributed by atoms with Gasteiger partial charge in [-0.2, -0.15) is 0 Å². The summed E-state index contributed by atoms with van der Waals surface area (Å²) in [5.74, 6) is 1.39. The van der Waals surface area contributed by atoms with Crippen molar-refractivity contribution in [3.8, 4) is 0 Å². The smallest absolute Gasteiger partial charge is 0.146 e. The number of carbonyl (C=O) groups excluding carboxylic acids is 1. The van der Waals surface area contributed by atoms with Crippen LogP contribution in [0.4, 0.5) is 0 Å². The van der Waals surface area contributed by atoms with Gasteiger partial charge < -0.3 is 0 Å². The molecule has 116 valence electrons. The third kappa shape index (κ3) is 4.31. The maximum absolute atomic E-state index is 12.2. The molecule has 0 aromatic heterocycles. The van der Waals surface area contributed by atoms with Crippen molar-refractivity contribution in [1.82, 2.24) is 4.90 Å². The fourth-order valence-corrected chi connectivity index (χ4v) is 4.09. The second-order valence-electron chi connectivity index (χ2n) is 8.28. The molecule has 2 bridgehead atoms. The highest BCUT2D eigenvalue weighted by atomic mass is 16.1. The Balaban J connectivity index is 1.81.